The van der Waals surface area contributed by atoms with Crippen molar-refractivity contribution in [1.82, 2.24) is 15.1 Å². The molecule has 5 nitrogen and oxygen atoms in total. The smallest absolute Gasteiger partial charge is 0.246 e. The van der Waals surface area contributed by atoms with E-state index in [1.165, 1.54) is 0 Å². The Balaban J connectivity index is 2.14. The largest absolute Gasteiger partial charge is 0.337 e. The van der Waals surface area contributed by atoms with Gasteiger partial charge in [0, 0.05) is 5.38 Å². The maximum Gasteiger partial charge on any atom is 0.246 e. The molecular formula is C10H14N4OS. The van der Waals surface area contributed by atoms with Crippen molar-refractivity contribution in [3.63, 3.8) is 0 Å². The lowest BCUT2D eigenvalue weighted by Gasteiger charge is -2.10. The molecule has 0 aromatic carbocycles. The molecule has 0 unspecified atom stereocenters. The number of hydrogen-bond acceptors (Lipinski definition) is 6. The highest BCUT2D eigenvalue weighted by molar-refractivity contribution is 7.09. The lowest BCUT2D eigenvalue weighted by Crippen LogP contribution is -2.29. The minimum absolute atomic E-state index is 0.453. The first-order valence-corrected chi connectivity index (χ1v) is 5.86. The van der Waals surface area contributed by atoms with E-state index < -0.39 is 5.54 Å². The third-order valence-corrected chi connectivity index (χ3v) is 2.85. The predicted octanol–water partition coefficient (Wildman–Crippen LogP) is 1.62. The van der Waals surface area contributed by atoms with Gasteiger partial charge in [-0.2, -0.15) is 4.98 Å². The molecule has 2 N–H and O–H groups in total. The molecule has 0 saturated heterocycles. The Bertz CT molecular complexity index is 483. The normalized spacial score (nSPS) is 12.0. The van der Waals surface area contributed by atoms with Gasteiger partial charge >= 0.3 is 0 Å². The van der Waals surface area contributed by atoms with Crippen LogP contribution in [0.1, 0.15) is 36.3 Å². The second-order valence-electron chi connectivity index (χ2n) is 4.27. The highest BCUT2D eigenvalue weighted by Crippen LogP contribution is 2.16. The van der Waals surface area contributed by atoms with Gasteiger partial charge in [0.15, 0.2) is 5.82 Å². The van der Waals surface area contributed by atoms with Gasteiger partial charge in [0.1, 0.15) is 0 Å². The van der Waals surface area contributed by atoms with E-state index in [0.29, 0.717) is 18.1 Å². The Kier molecular flexibility index (Phi) is 2.77. The summed E-state index contributed by atoms with van der Waals surface area (Å²) in [6.45, 7) is 5.63. The summed E-state index contributed by atoms with van der Waals surface area (Å²) in [4.78, 5) is 8.59. The Morgan fingerprint density at radius 2 is 2.19 bits per heavy atom. The second kappa shape index (κ2) is 3.95. The molecule has 2 heterocycles. The zero-order valence-electron chi connectivity index (χ0n) is 9.52. The van der Waals surface area contributed by atoms with Crippen LogP contribution >= 0.6 is 11.3 Å². The van der Waals surface area contributed by atoms with Gasteiger partial charge in [-0.1, -0.05) is 5.16 Å². The average Bonchev–Trinajstić information content (AvgIpc) is 2.74. The standard InChI is InChI=1S/C10H14N4OS/c1-6-12-7(5-16-6)4-8-13-9(15-14-8)10(2,3)11/h5H,4,11H2,1-3H3. The van der Waals surface area contributed by atoms with E-state index in [4.69, 9.17) is 10.3 Å². The summed E-state index contributed by atoms with van der Waals surface area (Å²) in [7, 11) is 0. The topological polar surface area (TPSA) is 77.8 Å². The van der Waals surface area contributed by atoms with Crippen LogP contribution in [-0.4, -0.2) is 15.1 Å². The van der Waals surface area contributed by atoms with Crippen LogP contribution < -0.4 is 5.73 Å². The van der Waals surface area contributed by atoms with Gasteiger partial charge in [-0.15, -0.1) is 11.3 Å². The summed E-state index contributed by atoms with van der Waals surface area (Å²) < 4.78 is 5.10. The number of thiazole rings is 1. The molecular weight excluding hydrogens is 224 g/mol. The number of aryl methyl sites for hydroxylation is 1. The molecule has 0 fully saturated rings. The fourth-order valence-electron chi connectivity index (χ4n) is 1.24. The van der Waals surface area contributed by atoms with E-state index in [-0.39, 0.29) is 0 Å². The van der Waals surface area contributed by atoms with Crippen molar-refractivity contribution in [2.75, 3.05) is 0 Å². The number of hydrogen-bond donors (Lipinski definition) is 1. The van der Waals surface area contributed by atoms with Gasteiger partial charge in [0.2, 0.25) is 5.89 Å². The Hall–Kier alpha value is -1.27. The van der Waals surface area contributed by atoms with Gasteiger partial charge in [-0.05, 0) is 20.8 Å². The van der Waals surface area contributed by atoms with Crippen LogP contribution in [0.25, 0.3) is 0 Å². The maximum absolute atomic E-state index is 5.86. The molecule has 2 aromatic heterocycles. The summed E-state index contributed by atoms with van der Waals surface area (Å²) in [5.41, 5.74) is 6.23. The molecule has 0 aliphatic heterocycles. The van der Waals surface area contributed by atoms with Crippen LogP contribution in [0, 0.1) is 6.92 Å². The SMILES string of the molecule is Cc1nc(Cc2noc(C(C)(C)N)n2)cs1. The average molecular weight is 238 g/mol. The number of nitrogens with two attached hydrogens (primary N) is 1. The molecule has 2 aromatic rings. The van der Waals surface area contributed by atoms with Crippen molar-refractivity contribution in [3.8, 4) is 0 Å². The minimum atomic E-state index is -0.594. The third-order valence-electron chi connectivity index (χ3n) is 2.03. The minimum Gasteiger partial charge on any atom is -0.337 e. The summed E-state index contributed by atoms with van der Waals surface area (Å²) in [5, 5.41) is 6.92. The van der Waals surface area contributed by atoms with Crippen molar-refractivity contribution < 1.29 is 4.52 Å². The third kappa shape index (κ3) is 2.45. The molecule has 86 valence electrons. The fourth-order valence-corrected chi connectivity index (χ4v) is 1.85. The van der Waals surface area contributed by atoms with E-state index in [1.807, 2.05) is 26.2 Å². The molecule has 0 spiro atoms. The molecule has 2 rings (SSSR count). The number of rotatable bonds is 3. The molecule has 0 radical (unpaired) electrons. The number of aromatic nitrogens is 3. The summed E-state index contributed by atoms with van der Waals surface area (Å²) in [5.74, 6) is 1.08. The van der Waals surface area contributed by atoms with E-state index >= 15 is 0 Å². The highest BCUT2D eigenvalue weighted by atomic mass is 32.1. The monoisotopic (exact) mass is 238 g/mol. The summed E-state index contributed by atoms with van der Waals surface area (Å²) >= 11 is 1.61. The molecule has 0 aliphatic carbocycles. The molecule has 6 heteroatoms. The van der Waals surface area contributed by atoms with Crippen molar-refractivity contribution in [2.45, 2.75) is 32.7 Å². The molecule has 0 amide bonds. The summed E-state index contributed by atoms with van der Waals surface area (Å²) in [6, 6.07) is 0. The highest BCUT2D eigenvalue weighted by Gasteiger charge is 2.22. The fraction of sp³-hybridized carbons (Fsp3) is 0.500. The van der Waals surface area contributed by atoms with Gasteiger partial charge < -0.3 is 10.3 Å². The second-order valence-corrected chi connectivity index (χ2v) is 5.33. The first-order valence-electron chi connectivity index (χ1n) is 4.98. The molecule has 0 aliphatic rings. The van der Waals surface area contributed by atoms with Crippen LogP contribution in [-0.2, 0) is 12.0 Å². The van der Waals surface area contributed by atoms with Gasteiger partial charge in [0.25, 0.3) is 0 Å². The van der Waals surface area contributed by atoms with Crippen LogP contribution in [0.3, 0.4) is 0 Å². The van der Waals surface area contributed by atoms with E-state index in [9.17, 15) is 0 Å². The quantitative estimate of drug-likeness (QED) is 0.879. The van der Waals surface area contributed by atoms with Crippen molar-refractivity contribution in [1.29, 1.82) is 0 Å². The Labute approximate surface area is 97.7 Å². The van der Waals surface area contributed by atoms with Crippen molar-refractivity contribution >= 4 is 11.3 Å². The Morgan fingerprint density at radius 3 is 2.69 bits per heavy atom. The molecule has 0 bridgehead atoms. The lowest BCUT2D eigenvalue weighted by molar-refractivity contribution is 0.310. The van der Waals surface area contributed by atoms with E-state index in [0.717, 1.165) is 10.7 Å². The molecule has 0 saturated carbocycles. The van der Waals surface area contributed by atoms with Gasteiger partial charge in [-0.3, -0.25) is 0 Å². The van der Waals surface area contributed by atoms with Gasteiger partial charge in [-0.25, -0.2) is 4.98 Å². The van der Waals surface area contributed by atoms with Crippen molar-refractivity contribution in [2.24, 2.45) is 5.73 Å². The van der Waals surface area contributed by atoms with Crippen LogP contribution in [0.4, 0.5) is 0 Å². The molecule has 0 atom stereocenters. The first-order chi connectivity index (χ1) is 7.45. The van der Waals surface area contributed by atoms with E-state index in [2.05, 4.69) is 15.1 Å². The van der Waals surface area contributed by atoms with Crippen molar-refractivity contribution in [3.05, 3.63) is 27.8 Å². The Morgan fingerprint density at radius 1 is 1.44 bits per heavy atom. The van der Waals surface area contributed by atoms with Crippen LogP contribution in [0.5, 0.6) is 0 Å². The van der Waals surface area contributed by atoms with Crippen LogP contribution in [0.15, 0.2) is 9.90 Å². The zero-order valence-corrected chi connectivity index (χ0v) is 10.3. The summed E-state index contributed by atoms with van der Waals surface area (Å²) in [6.07, 6.45) is 0.587. The van der Waals surface area contributed by atoms with E-state index in [1.54, 1.807) is 11.3 Å². The molecule has 16 heavy (non-hydrogen) atoms. The van der Waals surface area contributed by atoms with Crippen LogP contribution in [0.2, 0.25) is 0 Å². The zero-order chi connectivity index (χ0) is 11.8. The maximum atomic E-state index is 5.86. The lowest BCUT2D eigenvalue weighted by atomic mass is 10.1. The van der Waals surface area contributed by atoms with Gasteiger partial charge in [0.05, 0.1) is 22.7 Å². The predicted molar refractivity (Wildman–Crippen MR) is 61.2 cm³/mol. The first kappa shape index (κ1) is 11.2. The number of nitrogens with zero attached hydrogens (tertiary/aromatic N) is 3.